The smallest absolute Gasteiger partial charge is 0.397 e. The number of nitrogens with one attached hydrogen (secondary N) is 1. The summed E-state index contributed by atoms with van der Waals surface area (Å²) in [6.07, 6.45) is -18.7. The molecule has 0 amide bonds. The van der Waals surface area contributed by atoms with E-state index in [-0.39, 0.29) is 0 Å². The molecule has 2 heterocycles. The molecule has 7 N–H and O–H groups in total. The molecular weight excluding hydrogens is 598 g/mol. The summed E-state index contributed by atoms with van der Waals surface area (Å²) in [7, 11) is -13.8. The molecule has 0 radical (unpaired) electrons. The van der Waals surface area contributed by atoms with Crippen molar-refractivity contribution in [1.29, 1.82) is 0 Å². The average molecular weight is 624 g/mol. The molecule has 2 saturated heterocycles. The van der Waals surface area contributed by atoms with Gasteiger partial charge in [0.15, 0.2) is 24.8 Å². The third kappa shape index (κ3) is 8.91. The van der Waals surface area contributed by atoms with E-state index in [4.69, 9.17) is 37.3 Å². The number of hydrogen-bond donors (Lipinski definition) is 7. The summed E-state index contributed by atoms with van der Waals surface area (Å²) in [5, 5.41) is 30.8. The number of carboxylic acids is 1. The molecule has 21 nitrogen and oxygen atoms in total. The van der Waals surface area contributed by atoms with Crippen LogP contribution in [0.2, 0.25) is 0 Å². The minimum atomic E-state index is -5.40. The van der Waals surface area contributed by atoms with E-state index < -0.39 is 105 Å². The lowest BCUT2D eigenvalue weighted by Gasteiger charge is -2.47. The van der Waals surface area contributed by atoms with Crippen LogP contribution in [0.1, 0.15) is 0 Å². The van der Waals surface area contributed by atoms with Crippen LogP contribution in [-0.2, 0) is 67.9 Å². The van der Waals surface area contributed by atoms with Gasteiger partial charge in [0, 0.05) is 14.2 Å². The molecule has 0 aromatic carbocycles. The van der Waals surface area contributed by atoms with E-state index in [2.05, 4.69) is 8.37 Å². The van der Waals surface area contributed by atoms with Gasteiger partial charge in [-0.25, -0.2) is 13.2 Å². The molecule has 10 atom stereocenters. The highest BCUT2D eigenvalue weighted by molar-refractivity contribution is 7.83. The fraction of sp³-hybridized carbons (Fsp3) is 0.929. The Morgan fingerprint density at radius 3 is 1.89 bits per heavy atom. The molecule has 2 fully saturated rings. The number of hydrogen-bond acceptors (Lipinski definition) is 16. The van der Waals surface area contributed by atoms with E-state index in [0.717, 1.165) is 14.2 Å². The van der Waals surface area contributed by atoms with Crippen molar-refractivity contribution in [2.24, 2.45) is 0 Å². The summed E-state index contributed by atoms with van der Waals surface area (Å²) >= 11 is 0. The Balaban J connectivity index is 2.52. The largest absolute Gasteiger partial charge is 0.479 e. The van der Waals surface area contributed by atoms with Gasteiger partial charge in [0.25, 0.3) is 0 Å². The van der Waals surface area contributed by atoms with E-state index in [0.29, 0.717) is 0 Å². The van der Waals surface area contributed by atoms with Crippen molar-refractivity contribution >= 4 is 37.1 Å². The van der Waals surface area contributed by atoms with Crippen LogP contribution in [0.4, 0.5) is 0 Å². The van der Waals surface area contributed by atoms with Crippen molar-refractivity contribution in [1.82, 2.24) is 4.72 Å². The fourth-order valence-electron chi connectivity index (χ4n) is 3.67. The summed E-state index contributed by atoms with van der Waals surface area (Å²) in [4.78, 5) is 11.6. The van der Waals surface area contributed by atoms with Crippen LogP contribution >= 0.6 is 0 Å². The van der Waals surface area contributed by atoms with Gasteiger partial charge >= 0.3 is 37.1 Å². The van der Waals surface area contributed by atoms with Crippen LogP contribution in [0.15, 0.2) is 0 Å². The first-order chi connectivity index (χ1) is 17.3. The lowest BCUT2D eigenvalue weighted by molar-refractivity contribution is -0.339. The molecule has 38 heavy (non-hydrogen) atoms. The van der Waals surface area contributed by atoms with Crippen molar-refractivity contribution < 1.29 is 91.1 Å². The Bertz CT molecular complexity index is 1140. The van der Waals surface area contributed by atoms with Gasteiger partial charge in [0.1, 0.15) is 36.6 Å². The first-order valence-corrected chi connectivity index (χ1v) is 14.1. The van der Waals surface area contributed by atoms with Gasteiger partial charge in [-0.1, -0.05) is 0 Å². The number of carboxylic acid groups (broad SMARTS) is 1. The number of methoxy groups -OCH3 is 2. The zero-order valence-corrected chi connectivity index (χ0v) is 21.6. The maximum Gasteiger partial charge on any atom is 0.397 e. The number of rotatable bonds is 12. The summed E-state index contributed by atoms with van der Waals surface area (Å²) in [5.74, 6) is -1.77. The number of carbonyl (C=O) groups is 1. The zero-order chi connectivity index (χ0) is 29.2. The van der Waals surface area contributed by atoms with Crippen molar-refractivity contribution in [2.45, 2.75) is 61.3 Å². The highest BCUT2D eigenvalue weighted by Gasteiger charge is 2.55. The second kappa shape index (κ2) is 12.5. The highest BCUT2D eigenvalue weighted by atomic mass is 32.3. The Labute approximate surface area is 215 Å². The standard InChI is InChI=1S/C14H25NO20S3/c1-29-9-7(17)10(35-38(26,27)28)14(34-11(9)12(18)19)33-8-4(3-31-37(23,24)25)32-13(30-2)5(6(8)16)15-36(20,21)22/h4-11,13-17H,3H2,1-2H3,(H,18,19)(H,20,21,22)(H,23,24,25)(H,26,27,28)/t4?,5?,6-,7+,8-,9+,10?,11?,13+,14+/m0/s1. The highest BCUT2D eigenvalue weighted by Crippen LogP contribution is 2.32. The van der Waals surface area contributed by atoms with Crippen LogP contribution < -0.4 is 4.72 Å². The summed E-state index contributed by atoms with van der Waals surface area (Å²) in [6, 6.07) is -1.93. The summed E-state index contributed by atoms with van der Waals surface area (Å²) in [6.45, 7) is -1.18. The van der Waals surface area contributed by atoms with Crippen LogP contribution in [-0.4, -0.2) is 142 Å². The predicted molar refractivity (Wildman–Crippen MR) is 112 cm³/mol. The average Bonchev–Trinajstić information content (AvgIpc) is 2.75. The Morgan fingerprint density at radius 2 is 1.45 bits per heavy atom. The SMILES string of the molecule is CO[C@@H]1OC(COS(=O)(=O)O)[C@H](O[C@@H]2OC(C(=O)O)[C@H](OC)[C@@H](O)C2OS(=O)(=O)O)[C@@H](O)C1NS(=O)(=O)O. The number of aliphatic hydroxyl groups excluding tert-OH is 2. The molecule has 0 spiro atoms. The van der Waals surface area contributed by atoms with Gasteiger partial charge in [0.05, 0.1) is 6.61 Å². The maximum atomic E-state index is 11.6. The number of ether oxygens (including phenoxy) is 5. The lowest BCUT2D eigenvalue weighted by Crippen LogP contribution is -2.68. The first kappa shape index (κ1) is 33.0. The Morgan fingerprint density at radius 1 is 0.842 bits per heavy atom. The zero-order valence-electron chi connectivity index (χ0n) is 19.1. The molecule has 24 heteroatoms. The fourth-order valence-corrected chi connectivity index (χ4v) is 5.06. The second-order valence-corrected chi connectivity index (χ2v) is 11.0. The van der Waals surface area contributed by atoms with Crippen molar-refractivity contribution in [3.05, 3.63) is 0 Å². The van der Waals surface area contributed by atoms with Gasteiger partial charge in [-0.2, -0.15) is 30.0 Å². The van der Waals surface area contributed by atoms with E-state index in [9.17, 15) is 45.4 Å². The van der Waals surface area contributed by atoms with Gasteiger partial charge in [-0.3, -0.25) is 13.7 Å². The van der Waals surface area contributed by atoms with Gasteiger partial charge in [-0.15, -0.1) is 0 Å². The Hall–Kier alpha value is -1.20. The molecule has 2 aliphatic heterocycles. The van der Waals surface area contributed by atoms with Crippen molar-refractivity contribution in [3.8, 4) is 0 Å². The predicted octanol–water partition coefficient (Wildman–Crippen LogP) is -4.94. The van der Waals surface area contributed by atoms with E-state index in [1.165, 1.54) is 4.72 Å². The topological polar surface area (TPSA) is 318 Å². The molecule has 0 aromatic heterocycles. The van der Waals surface area contributed by atoms with Gasteiger partial charge < -0.3 is 39.0 Å². The third-order valence-corrected chi connectivity index (χ3v) is 6.60. The molecule has 4 unspecified atom stereocenters. The maximum absolute atomic E-state index is 11.6. The molecule has 0 saturated carbocycles. The monoisotopic (exact) mass is 623 g/mol. The number of aliphatic carboxylic acids is 1. The van der Waals surface area contributed by atoms with Crippen LogP contribution in [0, 0.1) is 0 Å². The van der Waals surface area contributed by atoms with E-state index in [1.807, 2.05) is 0 Å². The molecule has 2 aliphatic rings. The molecule has 0 aromatic rings. The van der Waals surface area contributed by atoms with Crippen molar-refractivity contribution in [3.63, 3.8) is 0 Å². The van der Waals surface area contributed by atoms with Gasteiger partial charge in [-0.05, 0) is 0 Å². The quantitative estimate of drug-likeness (QED) is 0.100. The second-order valence-electron chi connectivity index (χ2n) is 7.64. The Kier molecular flexibility index (Phi) is 10.9. The van der Waals surface area contributed by atoms with Crippen LogP contribution in [0.5, 0.6) is 0 Å². The lowest BCUT2D eigenvalue weighted by atomic mass is 9.96. The summed E-state index contributed by atoms with van der Waals surface area (Å²) in [5.41, 5.74) is 0. The van der Waals surface area contributed by atoms with Crippen molar-refractivity contribution in [2.75, 3.05) is 20.8 Å². The number of aliphatic hydroxyl groups is 2. The molecular formula is C14H25NO20S3. The molecule has 224 valence electrons. The van der Waals surface area contributed by atoms with E-state index >= 15 is 0 Å². The molecule has 0 bridgehead atoms. The first-order valence-electron chi connectivity index (χ1n) is 9.91. The minimum Gasteiger partial charge on any atom is -0.479 e. The molecule has 0 aliphatic carbocycles. The summed E-state index contributed by atoms with van der Waals surface area (Å²) < 4.78 is 130. The normalized spacial score (nSPS) is 37.1. The minimum absolute atomic E-state index is 0.913. The van der Waals surface area contributed by atoms with Crippen LogP contribution in [0.25, 0.3) is 0 Å². The van der Waals surface area contributed by atoms with E-state index in [1.54, 1.807) is 0 Å². The molecule has 2 rings (SSSR count). The van der Waals surface area contributed by atoms with Gasteiger partial charge in [0.2, 0.25) is 0 Å². The van der Waals surface area contributed by atoms with Crippen LogP contribution in [0.3, 0.4) is 0 Å². The third-order valence-electron chi connectivity index (χ3n) is 5.13.